The predicted molar refractivity (Wildman–Crippen MR) is 102 cm³/mol. The summed E-state index contributed by atoms with van der Waals surface area (Å²) in [6, 6.07) is 17.9. The second-order valence-electron chi connectivity index (χ2n) is 6.07. The van der Waals surface area contributed by atoms with Crippen molar-refractivity contribution in [3.05, 3.63) is 89.2 Å². The molecule has 4 nitrogen and oxygen atoms in total. The van der Waals surface area contributed by atoms with Gasteiger partial charge < -0.3 is 10.6 Å². The number of anilines is 2. The molecule has 0 saturated carbocycles. The predicted octanol–water partition coefficient (Wildman–Crippen LogP) is 4.56. The van der Waals surface area contributed by atoms with E-state index in [0.717, 1.165) is 16.9 Å². The third kappa shape index (κ3) is 4.44. The molecule has 2 aromatic carbocycles. The van der Waals surface area contributed by atoms with Crippen LogP contribution >= 0.6 is 0 Å². The van der Waals surface area contributed by atoms with Gasteiger partial charge in [0.25, 0.3) is 5.91 Å². The van der Waals surface area contributed by atoms with Crippen molar-refractivity contribution >= 4 is 17.3 Å². The summed E-state index contributed by atoms with van der Waals surface area (Å²) < 4.78 is 0. The number of aryl methyl sites for hydroxylation is 2. The van der Waals surface area contributed by atoms with Crippen LogP contribution in [0.25, 0.3) is 0 Å². The number of aromatic nitrogens is 1. The van der Waals surface area contributed by atoms with Gasteiger partial charge in [-0.3, -0.25) is 9.78 Å². The highest BCUT2D eigenvalue weighted by Gasteiger charge is 2.09. The number of hydrogen-bond acceptors (Lipinski definition) is 3. The molecule has 0 atom stereocenters. The third-order valence-corrected chi connectivity index (χ3v) is 3.97. The van der Waals surface area contributed by atoms with Crippen molar-refractivity contribution in [1.82, 2.24) is 4.98 Å². The first kappa shape index (κ1) is 16.7. The van der Waals surface area contributed by atoms with E-state index in [4.69, 9.17) is 0 Å². The van der Waals surface area contributed by atoms with E-state index in [0.29, 0.717) is 12.1 Å². The van der Waals surface area contributed by atoms with Crippen LogP contribution in [0.2, 0.25) is 0 Å². The molecule has 4 heteroatoms. The summed E-state index contributed by atoms with van der Waals surface area (Å²) in [6.45, 7) is 4.70. The summed E-state index contributed by atoms with van der Waals surface area (Å²) >= 11 is 0. The van der Waals surface area contributed by atoms with Gasteiger partial charge in [-0.25, -0.2) is 0 Å². The number of carbonyl (C=O) groups is 1. The van der Waals surface area contributed by atoms with Crippen LogP contribution in [0.15, 0.2) is 67.0 Å². The number of rotatable bonds is 5. The Morgan fingerprint density at radius 2 is 1.80 bits per heavy atom. The smallest absolute Gasteiger partial charge is 0.257 e. The number of amides is 1. The van der Waals surface area contributed by atoms with E-state index in [9.17, 15) is 4.79 Å². The first-order chi connectivity index (χ1) is 12.1. The zero-order chi connectivity index (χ0) is 17.6. The van der Waals surface area contributed by atoms with Crippen molar-refractivity contribution in [2.45, 2.75) is 20.4 Å². The maximum absolute atomic E-state index is 12.5. The monoisotopic (exact) mass is 331 g/mol. The molecule has 126 valence electrons. The van der Waals surface area contributed by atoms with E-state index in [2.05, 4.69) is 27.8 Å². The van der Waals surface area contributed by atoms with Gasteiger partial charge in [-0.2, -0.15) is 0 Å². The summed E-state index contributed by atoms with van der Waals surface area (Å²) in [7, 11) is 0. The van der Waals surface area contributed by atoms with Gasteiger partial charge in [-0.15, -0.1) is 0 Å². The number of benzene rings is 2. The van der Waals surface area contributed by atoms with Crippen LogP contribution in [0.3, 0.4) is 0 Å². The molecule has 0 spiro atoms. The summed E-state index contributed by atoms with van der Waals surface area (Å²) in [4.78, 5) is 16.7. The lowest BCUT2D eigenvalue weighted by Crippen LogP contribution is -2.13. The fourth-order valence-corrected chi connectivity index (χ4v) is 2.61. The molecule has 0 aliphatic rings. The average molecular weight is 331 g/mol. The van der Waals surface area contributed by atoms with Gasteiger partial charge in [-0.05, 0) is 37.1 Å². The molecule has 1 heterocycles. The fraction of sp³-hybridized carbons (Fsp3) is 0.143. The van der Waals surface area contributed by atoms with Crippen LogP contribution in [0, 0.1) is 13.8 Å². The highest BCUT2D eigenvalue weighted by atomic mass is 16.1. The minimum atomic E-state index is -0.164. The van der Waals surface area contributed by atoms with Crippen molar-refractivity contribution in [3.8, 4) is 0 Å². The maximum atomic E-state index is 12.5. The lowest BCUT2D eigenvalue weighted by Gasteiger charge is -2.10. The first-order valence-corrected chi connectivity index (χ1v) is 8.23. The van der Waals surface area contributed by atoms with E-state index in [1.807, 2.05) is 56.3 Å². The molecule has 3 aromatic rings. The second kappa shape index (κ2) is 7.62. The second-order valence-corrected chi connectivity index (χ2v) is 6.07. The normalized spacial score (nSPS) is 10.3. The SMILES string of the molecule is Cc1ccc(NC(=O)c2cncc(NCc3ccccc3)c2)c(C)c1. The quantitative estimate of drug-likeness (QED) is 0.720. The Hall–Kier alpha value is -3.14. The van der Waals surface area contributed by atoms with Crippen molar-refractivity contribution in [3.63, 3.8) is 0 Å². The molecule has 0 aliphatic heterocycles. The lowest BCUT2D eigenvalue weighted by molar-refractivity contribution is 0.102. The van der Waals surface area contributed by atoms with Crippen molar-refractivity contribution < 1.29 is 4.79 Å². The van der Waals surface area contributed by atoms with Crippen LogP contribution in [0.1, 0.15) is 27.0 Å². The Bertz CT molecular complexity index is 875. The van der Waals surface area contributed by atoms with Crippen LogP contribution in [-0.4, -0.2) is 10.9 Å². The largest absolute Gasteiger partial charge is 0.380 e. The molecule has 0 saturated heterocycles. The van der Waals surface area contributed by atoms with E-state index >= 15 is 0 Å². The van der Waals surface area contributed by atoms with Crippen LogP contribution in [0.5, 0.6) is 0 Å². The minimum absolute atomic E-state index is 0.164. The van der Waals surface area contributed by atoms with Crippen LogP contribution in [0.4, 0.5) is 11.4 Å². The molecule has 0 radical (unpaired) electrons. The minimum Gasteiger partial charge on any atom is -0.380 e. The number of nitrogens with zero attached hydrogens (tertiary/aromatic N) is 1. The Balaban J connectivity index is 1.69. The van der Waals surface area contributed by atoms with E-state index in [1.54, 1.807) is 12.4 Å². The molecule has 2 N–H and O–H groups in total. The van der Waals surface area contributed by atoms with E-state index in [1.165, 1.54) is 11.1 Å². The van der Waals surface area contributed by atoms with Gasteiger partial charge in [0.2, 0.25) is 0 Å². The summed E-state index contributed by atoms with van der Waals surface area (Å²) in [5, 5.41) is 6.24. The fourth-order valence-electron chi connectivity index (χ4n) is 2.61. The molecule has 0 fully saturated rings. The van der Waals surface area contributed by atoms with Gasteiger partial charge >= 0.3 is 0 Å². The van der Waals surface area contributed by atoms with Crippen molar-refractivity contribution in [2.24, 2.45) is 0 Å². The summed E-state index contributed by atoms with van der Waals surface area (Å²) in [6.07, 6.45) is 3.30. The Labute approximate surface area is 147 Å². The average Bonchev–Trinajstić information content (AvgIpc) is 2.63. The highest BCUT2D eigenvalue weighted by Crippen LogP contribution is 2.18. The molecular weight excluding hydrogens is 310 g/mol. The zero-order valence-electron chi connectivity index (χ0n) is 14.4. The van der Waals surface area contributed by atoms with Gasteiger partial charge in [0.15, 0.2) is 0 Å². The molecule has 0 unspecified atom stereocenters. The maximum Gasteiger partial charge on any atom is 0.257 e. The molecule has 3 rings (SSSR count). The standard InChI is InChI=1S/C21H21N3O/c1-15-8-9-20(16(2)10-15)24-21(25)18-11-19(14-22-13-18)23-12-17-6-4-3-5-7-17/h3-11,13-14,23H,12H2,1-2H3,(H,24,25). The molecule has 0 aliphatic carbocycles. The summed E-state index contributed by atoms with van der Waals surface area (Å²) in [5.74, 6) is -0.164. The molecule has 0 bridgehead atoms. The number of carbonyl (C=O) groups excluding carboxylic acids is 1. The lowest BCUT2D eigenvalue weighted by atomic mass is 10.1. The van der Waals surface area contributed by atoms with Gasteiger partial charge in [0.1, 0.15) is 0 Å². The molecule has 1 aromatic heterocycles. The van der Waals surface area contributed by atoms with E-state index < -0.39 is 0 Å². The van der Waals surface area contributed by atoms with Gasteiger partial charge in [-0.1, -0.05) is 48.0 Å². The number of nitrogens with one attached hydrogen (secondary N) is 2. The van der Waals surface area contributed by atoms with Crippen molar-refractivity contribution in [1.29, 1.82) is 0 Å². The van der Waals surface area contributed by atoms with Gasteiger partial charge in [0.05, 0.1) is 11.3 Å². The van der Waals surface area contributed by atoms with Crippen molar-refractivity contribution in [2.75, 3.05) is 10.6 Å². The summed E-state index contributed by atoms with van der Waals surface area (Å²) in [5.41, 5.74) is 5.55. The highest BCUT2D eigenvalue weighted by molar-refractivity contribution is 6.04. The van der Waals surface area contributed by atoms with Crippen LogP contribution < -0.4 is 10.6 Å². The molecular formula is C21H21N3O. The van der Waals surface area contributed by atoms with Crippen LogP contribution in [-0.2, 0) is 6.54 Å². The number of pyridine rings is 1. The first-order valence-electron chi connectivity index (χ1n) is 8.23. The Morgan fingerprint density at radius 3 is 2.56 bits per heavy atom. The number of hydrogen-bond donors (Lipinski definition) is 2. The topological polar surface area (TPSA) is 54.0 Å². The molecule has 25 heavy (non-hydrogen) atoms. The van der Waals surface area contributed by atoms with Gasteiger partial charge in [0, 0.05) is 24.6 Å². The zero-order valence-corrected chi connectivity index (χ0v) is 14.4. The molecule has 1 amide bonds. The van der Waals surface area contributed by atoms with E-state index in [-0.39, 0.29) is 5.91 Å². The Morgan fingerprint density at radius 1 is 1.00 bits per heavy atom. The Kier molecular flexibility index (Phi) is 5.09. The third-order valence-electron chi connectivity index (χ3n) is 3.97.